The van der Waals surface area contributed by atoms with Crippen LogP contribution in [-0.2, 0) is 4.79 Å². The summed E-state index contributed by atoms with van der Waals surface area (Å²) in [7, 11) is 5.98. The van der Waals surface area contributed by atoms with Crippen LogP contribution < -0.4 is 15.4 Å². The Morgan fingerprint density at radius 2 is 1.84 bits per heavy atom. The van der Waals surface area contributed by atoms with E-state index in [4.69, 9.17) is 4.74 Å². The van der Waals surface area contributed by atoms with Crippen LogP contribution in [0.5, 0.6) is 5.75 Å². The summed E-state index contributed by atoms with van der Waals surface area (Å²) in [4.78, 5) is 14.6. The molecule has 0 radical (unpaired) electrons. The predicted molar refractivity (Wildman–Crippen MR) is 103 cm³/mol. The number of benzene rings is 1. The molecule has 1 saturated carbocycles. The Morgan fingerprint density at radius 1 is 1.20 bits per heavy atom. The molecule has 0 saturated heterocycles. The van der Waals surface area contributed by atoms with Gasteiger partial charge in [-0.15, -0.1) is 0 Å². The van der Waals surface area contributed by atoms with Crippen molar-refractivity contribution in [1.82, 2.24) is 10.2 Å². The fourth-order valence-electron chi connectivity index (χ4n) is 3.59. The van der Waals surface area contributed by atoms with Gasteiger partial charge >= 0.3 is 0 Å². The normalized spacial score (nSPS) is 18.0. The smallest absolute Gasteiger partial charge is 0.225 e. The highest BCUT2D eigenvalue weighted by molar-refractivity contribution is 5.91. The molecule has 1 aliphatic carbocycles. The maximum absolute atomic E-state index is 12.2. The van der Waals surface area contributed by atoms with Crippen LogP contribution >= 0.6 is 0 Å². The van der Waals surface area contributed by atoms with Gasteiger partial charge in [0.15, 0.2) is 0 Å². The van der Waals surface area contributed by atoms with Crippen molar-refractivity contribution in [2.45, 2.75) is 57.0 Å². The van der Waals surface area contributed by atoms with E-state index in [9.17, 15) is 4.79 Å². The van der Waals surface area contributed by atoms with Crippen molar-refractivity contribution in [3.63, 3.8) is 0 Å². The van der Waals surface area contributed by atoms with Gasteiger partial charge in [0.2, 0.25) is 5.91 Å². The molecule has 1 aromatic rings. The first kappa shape index (κ1) is 19.7. The molecule has 2 N–H and O–H groups in total. The lowest BCUT2D eigenvalue weighted by Crippen LogP contribution is -2.54. The Balaban J connectivity index is 1.80. The van der Waals surface area contributed by atoms with E-state index in [-0.39, 0.29) is 17.5 Å². The number of rotatable bonds is 8. The zero-order valence-corrected chi connectivity index (χ0v) is 16.1. The lowest BCUT2D eigenvalue weighted by molar-refractivity contribution is -0.116. The van der Waals surface area contributed by atoms with Crippen molar-refractivity contribution in [2.75, 3.05) is 33.1 Å². The molecule has 0 bridgehead atoms. The second-order valence-electron chi connectivity index (χ2n) is 7.44. The average molecular weight is 348 g/mol. The Kier molecular flexibility index (Phi) is 7.26. The molecule has 0 aromatic heterocycles. The number of ether oxygens (including phenoxy) is 1. The van der Waals surface area contributed by atoms with Crippen molar-refractivity contribution in [3.8, 4) is 5.75 Å². The first-order chi connectivity index (χ1) is 11.9. The van der Waals surface area contributed by atoms with Gasteiger partial charge in [-0.25, -0.2) is 0 Å². The molecule has 1 unspecified atom stereocenters. The minimum absolute atomic E-state index is 0.0349. The van der Waals surface area contributed by atoms with Gasteiger partial charge in [0.1, 0.15) is 5.75 Å². The molecular formula is C20H33N3O2. The molecule has 1 amide bonds. The van der Waals surface area contributed by atoms with Crippen molar-refractivity contribution in [2.24, 2.45) is 0 Å². The summed E-state index contributed by atoms with van der Waals surface area (Å²) in [6.45, 7) is 3.02. The number of hydrogen-bond acceptors (Lipinski definition) is 4. The molecule has 1 atom stereocenters. The Morgan fingerprint density at radius 3 is 2.40 bits per heavy atom. The maximum Gasteiger partial charge on any atom is 0.225 e. The third kappa shape index (κ3) is 5.72. The summed E-state index contributed by atoms with van der Waals surface area (Å²) >= 11 is 0. The lowest BCUT2D eigenvalue weighted by Gasteiger charge is -2.44. The second-order valence-corrected chi connectivity index (χ2v) is 7.44. The molecule has 25 heavy (non-hydrogen) atoms. The number of hydrogen-bond donors (Lipinski definition) is 2. The first-order valence-corrected chi connectivity index (χ1v) is 9.30. The van der Waals surface area contributed by atoms with Crippen molar-refractivity contribution in [3.05, 3.63) is 24.3 Å². The van der Waals surface area contributed by atoms with Gasteiger partial charge in [0.25, 0.3) is 0 Å². The number of nitrogens with zero attached hydrogens (tertiary/aromatic N) is 1. The van der Waals surface area contributed by atoms with Crippen LogP contribution in [0.2, 0.25) is 0 Å². The minimum atomic E-state index is 0.0349. The Labute approximate surface area is 152 Å². The molecule has 1 fully saturated rings. The number of amides is 1. The number of anilines is 1. The van der Waals surface area contributed by atoms with Crippen LogP contribution in [-0.4, -0.2) is 50.1 Å². The van der Waals surface area contributed by atoms with Crippen molar-refractivity contribution in [1.29, 1.82) is 0 Å². The third-order valence-corrected chi connectivity index (χ3v) is 5.38. The summed E-state index contributed by atoms with van der Waals surface area (Å²) in [5.74, 6) is 0.821. The van der Waals surface area contributed by atoms with Gasteiger partial charge in [0, 0.05) is 30.2 Å². The van der Waals surface area contributed by atoms with E-state index >= 15 is 0 Å². The molecule has 1 aliphatic rings. The quantitative estimate of drug-likeness (QED) is 0.758. The molecule has 0 spiro atoms. The van der Waals surface area contributed by atoms with Gasteiger partial charge in [-0.2, -0.15) is 0 Å². The average Bonchev–Trinajstić information content (AvgIpc) is 2.61. The van der Waals surface area contributed by atoms with E-state index in [0.29, 0.717) is 6.42 Å². The van der Waals surface area contributed by atoms with E-state index in [0.717, 1.165) is 18.0 Å². The molecule has 1 aromatic carbocycles. The number of carbonyl (C=O) groups is 1. The van der Waals surface area contributed by atoms with E-state index in [2.05, 4.69) is 36.6 Å². The van der Waals surface area contributed by atoms with E-state index < -0.39 is 0 Å². The third-order valence-electron chi connectivity index (χ3n) is 5.38. The summed E-state index contributed by atoms with van der Waals surface area (Å²) in [6.07, 6.45) is 6.87. The first-order valence-electron chi connectivity index (χ1n) is 9.30. The number of likely N-dealkylation sites (N-methyl/N-ethyl adjacent to an activating group) is 1. The van der Waals surface area contributed by atoms with Crippen LogP contribution in [0.1, 0.15) is 45.4 Å². The summed E-state index contributed by atoms with van der Waals surface area (Å²) in [5.41, 5.74) is 1.04. The highest BCUT2D eigenvalue weighted by Crippen LogP contribution is 2.31. The largest absolute Gasteiger partial charge is 0.497 e. The van der Waals surface area contributed by atoms with Gasteiger partial charge in [-0.3, -0.25) is 4.79 Å². The SMILES string of the molecule is COc1ccc(NC(=O)CC(C)NCC2(N(C)C)CCCCC2)cc1. The lowest BCUT2D eigenvalue weighted by atomic mass is 9.80. The number of methoxy groups -OCH3 is 1. The fourth-order valence-corrected chi connectivity index (χ4v) is 3.59. The molecule has 5 nitrogen and oxygen atoms in total. The van der Waals surface area contributed by atoms with Crippen LogP contribution in [0, 0.1) is 0 Å². The molecule has 2 rings (SSSR count). The van der Waals surface area contributed by atoms with Crippen LogP contribution in [0.3, 0.4) is 0 Å². The molecule has 140 valence electrons. The van der Waals surface area contributed by atoms with Gasteiger partial charge < -0.3 is 20.3 Å². The second kappa shape index (κ2) is 9.20. The van der Waals surface area contributed by atoms with Gasteiger partial charge in [-0.05, 0) is 58.1 Å². The predicted octanol–water partition coefficient (Wildman–Crippen LogP) is 3.27. The van der Waals surface area contributed by atoms with Crippen LogP contribution in [0.4, 0.5) is 5.69 Å². The van der Waals surface area contributed by atoms with Gasteiger partial charge in [-0.1, -0.05) is 19.3 Å². The molecular weight excluding hydrogens is 314 g/mol. The van der Waals surface area contributed by atoms with E-state index in [1.807, 2.05) is 24.3 Å². The van der Waals surface area contributed by atoms with Crippen molar-refractivity contribution < 1.29 is 9.53 Å². The van der Waals surface area contributed by atoms with E-state index in [1.54, 1.807) is 7.11 Å². The van der Waals surface area contributed by atoms with Crippen molar-refractivity contribution >= 4 is 11.6 Å². The fraction of sp³-hybridized carbons (Fsp3) is 0.650. The number of carbonyl (C=O) groups excluding carboxylic acids is 1. The minimum Gasteiger partial charge on any atom is -0.497 e. The number of nitrogens with one attached hydrogen (secondary N) is 2. The standard InChI is InChI=1S/C20H33N3O2/c1-16(21-15-20(23(2)3)12-6-5-7-13-20)14-19(24)22-17-8-10-18(25-4)11-9-17/h8-11,16,21H,5-7,12-15H2,1-4H3,(H,22,24). The highest BCUT2D eigenvalue weighted by Gasteiger charge is 2.34. The molecule has 5 heteroatoms. The summed E-state index contributed by atoms with van der Waals surface area (Å²) < 4.78 is 5.13. The van der Waals surface area contributed by atoms with E-state index in [1.165, 1.54) is 32.1 Å². The Bertz CT molecular complexity index is 536. The molecule has 0 aliphatic heterocycles. The summed E-state index contributed by atoms with van der Waals surface area (Å²) in [5, 5.41) is 6.54. The topological polar surface area (TPSA) is 53.6 Å². The Hall–Kier alpha value is -1.59. The van der Waals surface area contributed by atoms with Crippen LogP contribution in [0.15, 0.2) is 24.3 Å². The van der Waals surface area contributed by atoms with Gasteiger partial charge in [0.05, 0.1) is 7.11 Å². The molecule has 0 heterocycles. The van der Waals surface area contributed by atoms with Crippen LogP contribution in [0.25, 0.3) is 0 Å². The monoisotopic (exact) mass is 347 g/mol. The maximum atomic E-state index is 12.2. The zero-order valence-electron chi connectivity index (χ0n) is 16.1. The zero-order chi connectivity index (χ0) is 18.3. The highest BCUT2D eigenvalue weighted by atomic mass is 16.5. The summed E-state index contributed by atoms with van der Waals surface area (Å²) in [6, 6.07) is 7.56.